The summed E-state index contributed by atoms with van der Waals surface area (Å²) in [6.07, 6.45) is 3.65. The number of hydrogen-bond acceptors (Lipinski definition) is 3. The van der Waals surface area contributed by atoms with E-state index in [1.807, 2.05) is 19.9 Å². The van der Waals surface area contributed by atoms with Gasteiger partial charge in [0.15, 0.2) is 0 Å². The molecule has 162 valence electrons. The Morgan fingerprint density at radius 2 is 1.50 bits per heavy atom. The maximum atomic E-state index is 11.8. The minimum atomic E-state index is -2.54. The van der Waals surface area contributed by atoms with Gasteiger partial charge in [-0.1, -0.05) is 87.5 Å². The number of esters is 1. The van der Waals surface area contributed by atoms with Crippen LogP contribution in [0.3, 0.4) is 0 Å². The van der Waals surface area contributed by atoms with E-state index in [1.54, 1.807) is 0 Å². The van der Waals surface area contributed by atoms with Gasteiger partial charge in [-0.3, -0.25) is 0 Å². The summed E-state index contributed by atoms with van der Waals surface area (Å²) >= 11 is 0. The molecule has 0 fully saturated rings. The monoisotopic (exact) mass is 424 g/mol. The van der Waals surface area contributed by atoms with Crippen molar-refractivity contribution in [3.05, 3.63) is 72.3 Å². The molecule has 0 radical (unpaired) electrons. The van der Waals surface area contributed by atoms with Gasteiger partial charge in [-0.25, -0.2) is 4.79 Å². The second-order valence-corrected chi connectivity index (χ2v) is 13.0. The molecule has 0 aliphatic heterocycles. The van der Waals surface area contributed by atoms with E-state index in [1.165, 1.54) is 10.4 Å². The summed E-state index contributed by atoms with van der Waals surface area (Å²) in [6.45, 7) is 13.0. The number of carbonyl (C=O) groups is 1. The van der Waals surface area contributed by atoms with Gasteiger partial charge in [0.1, 0.15) is 0 Å². The summed E-state index contributed by atoms with van der Waals surface area (Å²) in [5.41, 5.74) is 0.662. The first kappa shape index (κ1) is 24.1. The van der Waals surface area contributed by atoms with Crippen LogP contribution in [0, 0.1) is 0 Å². The zero-order chi connectivity index (χ0) is 22.2. The first-order chi connectivity index (χ1) is 14.2. The second kappa shape index (κ2) is 10.7. The Labute approximate surface area is 183 Å². The third kappa shape index (κ3) is 5.70. The zero-order valence-corrected chi connectivity index (χ0v) is 20.3. The molecule has 0 saturated carbocycles. The fourth-order valence-corrected chi connectivity index (χ4v) is 8.65. The van der Waals surface area contributed by atoms with Crippen molar-refractivity contribution in [1.29, 1.82) is 0 Å². The molecule has 30 heavy (non-hydrogen) atoms. The molecule has 2 aromatic carbocycles. The highest BCUT2D eigenvalue weighted by Crippen LogP contribution is 2.37. The summed E-state index contributed by atoms with van der Waals surface area (Å²) < 4.78 is 12.1. The van der Waals surface area contributed by atoms with Gasteiger partial charge < -0.3 is 9.16 Å². The minimum absolute atomic E-state index is 0.0410. The van der Waals surface area contributed by atoms with E-state index < -0.39 is 8.32 Å². The van der Waals surface area contributed by atoms with Crippen LogP contribution < -0.4 is 10.4 Å². The number of allylic oxidation sites excluding steroid dienone is 1. The molecule has 2 rings (SSSR count). The van der Waals surface area contributed by atoms with Crippen LogP contribution in [-0.4, -0.2) is 27.0 Å². The van der Waals surface area contributed by atoms with E-state index in [2.05, 4.69) is 88.4 Å². The van der Waals surface area contributed by atoms with Crippen LogP contribution in [0.5, 0.6) is 0 Å². The first-order valence-corrected chi connectivity index (χ1v) is 12.8. The lowest BCUT2D eigenvalue weighted by Gasteiger charge is -2.44. The maximum absolute atomic E-state index is 11.8. The van der Waals surface area contributed by atoms with Crippen LogP contribution >= 0.6 is 0 Å². The first-order valence-electron chi connectivity index (χ1n) is 10.8. The minimum Gasteiger partial charge on any atom is -0.463 e. The van der Waals surface area contributed by atoms with Crippen molar-refractivity contribution in [3.63, 3.8) is 0 Å². The van der Waals surface area contributed by atoms with E-state index >= 15 is 0 Å². The van der Waals surface area contributed by atoms with E-state index in [0.29, 0.717) is 12.2 Å². The quantitative estimate of drug-likeness (QED) is 0.314. The van der Waals surface area contributed by atoms with Crippen molar-refractivity contribution in [2.75, 3.05) is 6.61 Å². The molecule has 0 amide bonds. The number of carbonyl (C=O) groups excluding carboxylic acids is 1. The van der Waals surface area contributed by atoms with E-state index in [9.17, 15) is 4.79 Å². The Hall–Kier alpha value is -2.17. The fourth-order valence-electron chi connectivity index (χ4n) is 3.91. The van der Waals surface area contributed by atoms with Crippen molar-refractivity contribution in [2.45, 2.75) is 65.5 Å². The highest BCUT2D eigenvalue weighted by atomic mass is 28.4. The lowest BCUT2D eigenvalue weighted by Crippen LogP contribution is -2.67. The molecule has 4 heteroatoms. The Morgan fingerprint density at radius 1 is 1.00 bits per heavy atom. The Balaban J connectivity index is 2.32. The summed E-state index contributed by atoms with van der Waals surface area (Å²) in [6, 6.07) is 21.4. The summed E-state index contributed by atoms with van der Waals surface area (Å²) in [5.74, 6) is -0.238. The van der Waals surface area contributed by atoms with Gasteiger partial charge in [0.05, 0.1) is 6.61 Å². The third-order valence-electron chi connectivity index (χ3n) is 5.42. The molecule has 0 aliphatic rings. The second-order valence-electron chi connectivity index (χ2n) is 8.78. The van der Waals surface area contributed by atoms with Gasteiger partial charge in [0, 0.05) is 11.7 Å². The molecule has 0 aliphatic carbocycles. The van der Waals surface area contributed by atoms with E-state index in [0.717, 1.165) is 12.8 Å². The Bertz CT molecular complexity index is 783. The van der Waals surface area contributed by atoms with Crippen molar-refractivity contribution in [1.82, 2.24) is 0 Å². The van der Waals surface area contributed by atoms with E-state index in [4.69, 9.17) is 9.16 Å². The van der Waals surface area contributed by atoms with Crippen molar-refractivity contribution >= 4 is 24.7 Å². The molecule has 1 unspecified atom stereocenters. The van der Waals surface area contributed by atoms with Crippen molar-refractivity contribution in [3.8, 4) is 0 Å². The topological polar surface area (TPSA) is 35.5 Å². The van der Waals surface area contributed by atoms with Crippen LogP contribution in [0.25, 0.3) is 0 Å². The maximum Gasteiger partial charge on any atom is 0.333 e. The Kier molecular flexibility index (Phi) is 8.62. The normalized spacial score (nSPS) is 13.7. The molecule has 0 N–H and O–H groups in total. The fraction of sp³-hybridized carbons (Fsp3) is 0.423. The van der Waals surface area contributed by atoms with Gasteiger partial charge in [0.25, 0.3) is 8.32 Å². The van der Waals surface area contributed by atoms with Crippen LogP contribution in [-0.2, 0) is 14.0 Å². The molecular weight excluding hydrogens is 388 g/mol. The molecule has 0 heterocycles. The molecule has 3 nitrogen and oxygen atoms in total. The smallest absolute Gasteiger partial charge is 0.333 e. The molecule has 0 aromatic heterocycles. The summed E-state index contributed by atoms with van der Waals surface area (Å²) in [7, 11) is -2.54. The average molecular weight is 425 g/mol. The zero-order valence-electron chi connectivity index (χ0n) is 19.3. The highest BCUT2D eigenvalue weighted by molar-refractivity contribution is 6.99. The average Bonchev–Trinajstić information content (AvgIpc) is 2.72. The molecule has 1 atom stereocenters. The van der Waals surface area contributed by atoms with Crippen LogP contribution in [0.15, 0.2) is 72.3 Å². The third-order valence-corrected chi connectivity index (χ3v) is 10.6. The predicted octanol–water partition coefficient (Wildman–Crippen LogP) is 5.24. The lowest BCUT2D eigenvalue weighted by atomic mass is 10.1. The largest absolute Gasteiger partial charge is 0.463 e. The van der Waals surface area contributed by atoms with Gasteiger partial charge >= 0.3 is 5.97 Å². The molecule has 0 saturated heterocycles. The molecular formula is C26H36O3Si. The highest BCUT2D eigenvalue weighted by Gasteiger charge is 2.50. The van der Waals surface area contributed by atoms with Gasteiger partial charge in [-0.05, 0) is 49.0 Å². The standard InChI is InChI=1S/C26H36O3Si/c1-7-28-25(27)21(2)15-14-16-22(3)29-30(26(4,5)6,23-17-10-8-11-18-23)24-19-12-9-13-20-24/h8-13,15,17-20,22H,7,14,16H2,1-6H3/b21-15+. The van der Waals surface area contributed by atoms with Crippen LogP contribution in [0.4, 0.5) is 0 Å². The number of hydrogen-bond donors (Lipinski definition) is 0. The predicted molar refractivity (Wildman–Crippen MR) is 128 cm³/mol. The molecule has 2 aromatic rings. The van der Waals surface area contributed by atoms with Crippen LogP contribution in [0.1, 0.15) is 54.4 Å². The number of ether oxygens (including phenoxy) is 1. The SMILES string of the molecule is CCOC(=O)/C(C)=C/CCC(C)O[Si](c1ccccc1)(c1ccccc1)C(C)(C)C. The number of benzene rings is 2. The lowest BCUT2D eigenvalue weighted by molar-refractivity contribution is -0.138. The van der Waals surface area contributed by atoms with Gasteiger partial charge in [-0.15, -0.1) is 0 Å². The molecule has 0 spiro atoms. The van der Waals surface area contributed by atoms with Gasteiger partial charge in [-0.2, -0.15) is 0 Å². The Morgan fingerprint density at radius 3 is 1.93 bits per heavy atom. The van der Waals surface area contributed by atoms with Gasteiger partial charge in [0.2, 0.25) is 0 Å². The van der Waals surface area contributed by atoms with Crippen molar-refractivity contribution < 1.29 is 14.0 Å². The van der Waals surface area contributed by atoms with Crippen molar-refractivity contribution in [2.24, 2.45) is 0 Å². The molecule has 0 bridgehead atoms. The summed E-state index contributed by atoms with van der Waals surface area (Å²) in [5, 5.41) is 2.53. The number of rotatable bonds is 9. The van der Waals surface area contributed by atoms with Crippen LogP contribution in [0.2, 0.25) is 5.04 Å². The summed E-state index contributed by atoms with van der Waals surface area (Å²) in [4.78, 5) is 11.8. The van der Waals surface area contributed by atoms with E-state index in [-0.39, 0.29) is 17.1 Å².